The standard InChI is InChI=1S/C27H48O4/c1-2-3-4-5-6-7-8-9-10-11-12-13-14-15-16-17-20-23-31-27(30)25-22-19-18-21-24(25)26(28)29/h18-19,24-25H,2-17,20-23H2,1H3,(H,28,29). The first-order valence-electron chi connectivity index (χ1n) is 13.2. The first kappa shape index (κ1) is 27.7. The van der Waals surface area contributed by atoms with Crippen molar-refractivity contribution in [1.82, 2.24) is 0 Å². The van der Waals surface area contributed by atoms with Gasteiger partial charge in [0.1, 0.15) is 0 Å². The third-order valence-electron chi connectivity index (χ3n) is 6.54. The average molecular weight is 437 g/mol. The van der Waals surface area contributed by atoms with Crippen molar-refractivity contribution >= 4 is 11.9 Å². The monoisotopic (exact) mass is 436 g/mol. The maximum atomic E-state index is 12.2. The summed E-state index contributed by atoms with van der Waals surface area (Å²) in [6.07, 6.45) is 27.2. The second kappa shape index (κ2) is 19.4. The summed E-state index contributed by atoms with van der Waals surface area (Å²) in [5, 5.41) is 9.24. The molecule has 2 unspecified atom stereocenters. The van der Waals surface area contributed by atoms with E-state index in [-0.39, 0.29) is 5.97 Å². The molecule has 0 fully saturated rings. The summed E-state index contributed by atoms with van der Waals surface area (Å²) in [5.74, 6) is -2.39. The van der Waals surface area contributed by atoms with Crippen molar-refractivity contribution < 1.29 is 19.4 Å². The van der Waals surface area contributed by atoms with Gasteiger partial charge in [0.15, 0.2) is 0 Å². The Kier molecular flexibility index (Phi) is 17.3. The summed E-state index contributed by atoms with van der Waals surface area (Å²) in [5.41, 5.74) is 0. The van der Waals surface area contributed by atoms with Crippen LogP contribution in [-0.2, 0) is 14.3 Å². The Hall–Kier alpha value is -1.32. The van der Waals surface area contributed by atoms with Crippen molar-refractivity contribution in [2.24, 2.45) is 11.8 Å². The summed E-state index contributed by atoms with van der Waals surface area (Å²) in [7, 11) is 0. The predicted octanol–water partition coefficient (Wildman–Crippen LogP) is 7.85. The molecule has 0 aromatic rings. The second-order valence-corrected chi connectivity index (χ2v) is 9.32. The molecular weight excluding hydrogens is 388 g/mol. The van der Waals surface area contributed by atoms with E-state index in [1.54, 1.807) is 0 Å². The van der Waals surface area contributed by atoms with Gasteiger partial charge in [-0.3, -0.25) is 9.59 Å². The number of carboxylic acids is 1. The van der Waals surface area contributed by atoms with E-state index in [1.165, 1.54) is 96.3 Å². The topological polar surface area (TPSA) is 63.6 Å². The van der Waals surface area contributed by atoms with Crippen LogP contribution in [0.2, 0.25) is 0 Å². The predicted molar refractivity (Wildman–Crippen MR) is 128 cm³/mol. The minimum atomic E-state index is -0.899. The molecule has 1 aliphatic rings. The van der Waals surface area contributed by atoms with Crippen molar-refractivity contribution in [3.05, 3.63) is 12.2 Å². The van der Waals surface area contributed by atoms with Gasteiger partial charge in [0.25, 0.3) is 0 Å². The number of aliphatic carboxylic acids is 1. The molecule has 31 heavy (non-hydrogen) atoms. The first-order valence-corrected chi connectivity index (χ1v) is 13.2. The van der Waals surface area contributed by atoms with Crippen molar-refractivity contribution in [2.45, 2.75) is 129 Å². The van der Waals surface area contributed by atoms with Crippen LogP contribution in [0.4, 0.5) is 0 Å². The zero-order valence-electron chi connectivity index (χ0n) is 20.1. The Morgan fingerprint density at radius 2 is 1.06 bits per heavy atom. The molecule has 0 heterocycles. The number of hydrogen-bond donors (Lipinski definition) is 1. The van der Waals surface area contributed by atoms with Gasteiger partial charge >= 0.3 is 11.9 Å². The minimum absolute atomic E-state index is 0.340. The van der Waals surface area contributed by atoms with Gasteiger partial charge in [-0.05, 0) is 19.3 Å². The smallest absolute Gasteiger partial charge is 0.310 e. The average Bonchev–Trinajstić information content (AvgIpc) is 2.78. The Morgan fingerprint density at radius 3 is 1.48 bits per heavy atom. The van der Waals surface area contributed by atoms with Crippen LogP contribution in [0.15, 0.2) is 12.2 Å². The summed E-state index contributed by atoms with van der Waals surface area (Å²) in [6.45, 7) is 2.69. The fraction of sp³-hybridized carbons (Fsp3) is 0.852. The maximum absolute atomic E-state index is 12.2. The van der Waals surface area contributed by atoms with E-state index in [0.29, 0.717) is 19.4 Å². The van der Waals surface area contributed by atoms with Gasteiger partial charge in [0.2, 0.25) is 0 Å². The van der Waals surface area contributed by atoms with Crippen LogP contribution in [0.5, 0.6) is 0 Å². The molecule has 2 atom stereocenters. The van der Waals surface area contributed by atoms with Crippen molar-refractivity contribution in [3.63, 3.8) is 0 Å². The molecule has 0 aliphatic heterocycles. The summed E-state index contributed by atoms with van der Waals surface area (Å²) in [4.78, 5) is 23.4. The largest absolute Gasteiger partial charge is 0.481 e. The van der Waals surface area contributed by atoms with Crippen LogP contribution in [-0.4, -0.2) is 23.7 Å². The van der Waals surface area contributed by atoms with E-state index in [4.69, 9.17) is 4.74 Å². The zero-order valence-corrected chi connectivity index (χ0v) is 20.1. The fourth-order valence-corrected chi connectivity index (χ4v) is 4.45. The van der Waals surface area contributed by atoms with Crippen LogP contribution in [0.3, 0.4) is 0 Å². The molecule has 180 valence electrons. The lowest BCUT2D eigenvalue weighted by molar-refractivity contribution is -0.158. The van der Waals surface area contributed by atoms with E-state index in [9.17, 15) is 14.7 Å². The van der Waals surface area contributed by atoms with E-state index in [2.05, 4.69) is 6.92 Å². The number of ether oxygens (including phenoxy) is 1. The lowest BCUT2D eigenvalue weighted by Crippen LogP contribution is -2.32. The molecule has 4 nitrogen and oxygen atoms in total. The lowest BCUT2D eigenvalue weighted by Gasteiger charge is -2.23. The van der Waals surface area contributed by atoms with Gasteiger partial charge in [0.05, 0.1) is 18.4 Å². The summed E-state index contributed by atoms with van der Waals surface area (Å²) >= 11 is 0. The highest BCUT2D eigenvalue weighted by Gasteiger charge is 2.34. The molecule has 0 saturated carbocycles. The van der Waals surface area contributed by atoms with E-state index < -0.39 is 17.8 Å². The normalized spacial score (nSPS) is 18.2. The van der Waals surface area contributed by atoms with Gasteiger partial charge in [-0.2, -0.15) is 0 Å². The van der Waals surface area contributed by atoms with Gasteiger partial charge in [-0.1, -0.05) is 122 Å². The van der Waals surface area contributed by atoms with Crippen LogP contribution in [0, 0.1) is 11.8 Å². The van der Waals surface area contributed by atoms with E-state index >= 15 is 0 Å². The first-order chi connectivity index (χ1) is 15.2. The minimum Gasteiger partial charge on any atom is -0.481 e. The maximum Gasteiger partial charge on any atom is 0.310 e. The molecule has 4 heteroatoms. The molecule has 1 rings (SSSR count). The Bertz CT molecular complexity index is 486. The number of hydrogen-bond acceptors (Lipinski definition) is 3. The highest BCUT2D eigenvalue weighted by atomic mass is 16.5. The zero-order chi connectivity index (χ0) is 22.6. The number of allylic oxidation sites excluding steroid dienone is 2. The Labute approximate surface area is 191 Å². The lowest BCUT2D eigenvalue weighted by atomic mass is 9.83. The highest BCUT2D eigenvalue weighted by molar-refractivity contribution is 5.81. The molecule has 0 saturated heterocycles. The molecule has 0 aromatic carbocycles. The van der Waals surface area contributed by atoms with Crippen molar-refractivity contribution in [3.8, 4) is 0 Å². The van der Waals surface area contributed by atoms with Crippen molar-refractivity contribution in [2.75, 3.05) is 6.61 Å². The van der Waals surface area contributed by atoms with Crippen LogP contribution in [0.1, 0.15) is 129 Å². The Balaban J connectivity index is 1.83. The molecule has 0 bridgehead atoms. The Morgan fingerprint density at radius 1 is 0.677 bits per heavy atom. The molecule has 0 radical (unpaired) electrons. The third kappa shape index (κ3) is 14.4. The van der Waals surface area contributed by atoms with E-state index in [1.807, 2.05) is 12.2 Å². The van der Waals surface area contributed by atoms with E-state index in [0.717, 1.165) is 12.8 Å². The van der Waals surface area contributed by atoms with Gasteiger partial charge in [-0.15, -0.1) is 0 Å². The van der Waals surface area contributed by atoms with Crippen molar-refractivity contribution in [1.29, 1.82) is 0 Å². The summed E-state index contributed by atoms with van der Waals surface area (Å²) < 4.78 is 5.35. The molecule has 1 aliphatic carbocycles. The van der Waals surface area contributed by atoms with Crippen LogP contribution in [0.25, 0.3) is 0 Å². The number of carbonyl (C=O) groups excluding carboxylic acids is 1. The summed E-state index contributed by atoms with van der Waals surface area (Å²) in [6, 6.07) is 0. The highest BCUT2D eigenvalue weighted by Crippen LogP contribution is 2.27. The van der Waals surface area contributed by atoms with Gasteiger partial charge < -0.3 is 9.84 Å². The SMILES string of the molecule is CCCCCCCCCCCCCCCCCCCOC(=O)C1CC=CCC1C(=O)O. The van der Waals surface area contributed by atoms with Crippen LogP contribution < -0.4 is 0 Å². The number of carboxylic acid groups (broad SMARTS) is 1. The fourth-order valence-electron chi connectivity index (χ4n) is 4.45. The molecule has 1 N–H and O–H groups in total. The molecular formula is C27H48O4. The number of rotatable bonds is 20. The second-order valence-electron chi connectivity index (χ2n) is 9.32. The van der Waals surface area contributed by atoms with Crippen LogP contribution >= 0.6 is 0 Å². The molecule has 0 amide bonds. The number of carbonyl (C=O) groups is 2. The quantitative estimate of drug-likeness (QED) is 0.120. The van der Waals surface area contributed by atoms with Gasteiger partial charge in [0, 0.05) is 0 Å². The number of unbranched alkanes of at least 4 members (excludes halogenated alkanes) is 16. The number of esters is 1. The molecule has 0 spiro atoms. The third-order valence-corrected chi connectivity index (χ3v) is 6.54. The van der Waals surface area contributed by atoms with Gasteiger partial charge in [-0.25, -0.2) is 0 Å². The molecule has 0 aromatic heterocycles.